The monoisotopic (exact) mass is 274 g/mol. The summed E-state index contributed by atoms with van der Waals surface area (Å²) in [5.74, 6) is 0.896. The van der Waals surface area contributed by atoms with Gasteiger partial charge in [-0.3, -0.25) is 4.98 Å². The number of pyridine rings is 1. The molecular weight excluding hydrogens is 244 g/mol. The largest absolute Gasteiger partial charge is 0.310 e. The Morgan fingerprint density at radius 2 is 1.95 bits per heavy atom. The second-order valence-electron chi connectivity index (χ2n) is 6.33. The molecule has 1 atom stereocenters. The van der Waals surface area contributed by atoms with Crippen molar-refractivity contribution in [3.05, 3.63) is 29.6 Å². The molecule has 0 amide bonds. The number of aryl methyl sites for hydroxylation is 1. The molecule has 1 aromatic rings. The van der Waals surface area contributed by atoms with Crippen molar-refractivity contribution in [3.63, 3.8) is 0 Å². The molecule has 1 N–H and O–H groups in total. The van der Waals surface area contributed by atoms with E-state index in [1.54, 1.807) is 0 Å². The molecule has 1 fully saturated rings. The van der Waals surface area contributed by atoms with Gasteiger partial charge >= 0.3 is 0 Å². The highest BCUT2D eigenvalue weighted by Gasteiger charge is 2.19. The van der Waals surface area contributed by atoms with E-state index in [2.05, 4.69) is 42.5 Å². The topological polar surface area (TPSA) is 24.9 Å². The van der Waals surface area contributed by atoms with Gasteiger partial charge < -0.3 is 5.32 Å². The van der Waals surface area contributed by atoms with Gasteiger partial charge in [0, 0.05) is 17.9 Å². The lowest BCUT2D eigenvalue weighted by molar-refractivity contribution is 0.356. The number of hydrogen-bond donors (Lipinski definition) is 1. The van der Waals surface area contributed by atoms with Crippen molar-refractivity contribution < 1.29 is 0 Å². The molecular formula is C18H30N2. The molecule has 0 aliphatic heterocycles. The van der Waals surface area contributed by atoms with Gasteiger partial charge in [0.1, 0.15) is 0 Å². The van der Waals surface area contributed by atoms with Gasteiger partial charge in [-0.15, -0.1) is 0 Å². The van der Waals surface area contributed by atoms with Crippen LogP contribution in [0, 0.1) is 12.8 Å². The Kier molecular flexibility index (Phi) is 6.52. The number of aromatic nitrogens is 1. The van der Waals surface area contributed by atoms with E-state index >= 15 is 0 Å². The first-order chi connectivity index (χ1) is 9.79. The van der Waals surface area contributed by atoms with E-state index in [4.69, 9.17) is 0 Å². The van der Waals surface area contributed by atoms with Crippen molar-refractivity contribution in [1.82, 2.24) is 10.3 Å². The molecule has 1 aromatic heterocycles. The molecule has 0 spiro atoms. The Hall–Kier alpha value is -0.890. The van der Waals surface area contributed by atoms with Crippen molar-refractivity contribution >= 4 is 0 Å². The molecule has 1 aliphatic rings. The minimum atomic E-state index is 0.492. The van der Waals surface area contributed by atoms with E-state index in [0.717, 1.165) is 18.2 Å². The summed E-state index contributed by atoms with van der Waals surface area (Å²) in [7, 11) is 0. The summed E-state index contributed by atoms with van der Waals surface area (Å²) in [4.78, 5) is 4.48. The molecule has 1 saturated carbocycles. The standard InChI is InChI=1S/C18H30N2/c1-3-12-19-18(17-11-10-15(2)20-14-17)13-16-8-6-4-5-7-9-16/h10-11,14,16,18-19H,3-9,12-13H2,1-2H3. The number of nitrogens with zero attached hydrogens (tertiary/aromatic N) is 1. The molecule has 2 nitrogen and oxygen atoms in total. The predicted octanol–water partition coefficient (Wildman–Crippen LogP) is 4.79. The zero-order chi connectivity index (χ0) is 14.2. The molecule has 20 heavy (non-hydrogen) atoms. The fourth-order valence-corrected chi connectivity index (χ4v) is 3.27. The van der Waals surface area contributed by atoms with Crippen LogP contribution >= 0.6 is 0 Å². The molecule has 1 aliphatic carbocycles. The van der Waals surface area contributed by atoms with E-state index in [-0.39, 0.29) is 0 Å². The van der Waals surface area contributed by atoms with Crippen LogP contribution in [0.4, 0.5) is 0 Å². The highest BCUT2D eigenvalue weighted by atomic mass is 14.9. The van der Waals surface area contributed by atoms with Gasteiger partial charge in [-0.1, -0.05) is 51.5 Å². The van der Waals surface area contributed by atoms with Crippen LogP contribution in [0.5, 0.6) is 0 Å². The lowest BCUT2D eigenvalue weighted by Gasteiger charge is -2.24. The number of hydrogen-bond acceptors (Lipinski definition) is 2. The third kappa shape index (κ3) is 4.90. The van der Waals surface area contributed by atoms with Crippen molar-refractivity contribution in [1.29, 1.82) is 0 Å². The van der Waals surface area contributed by atoms with Gasteiger partial charge in [0.05, 0.1) is 0 Å². The summed E-state index contributed by atoms with van der Waals surface area (Å²) < 4.78 is 0. The van der Waals surface area contributed by atoms with Gasteiger partial charge in [0.2, 0.25) is 0 Å². The lowest BCUT2D eigenvalue weighted by atomic mass is 9.90. The highest BCUT2D eigenvalue weighted by molar-refractivity contribution is 5.17. The first-order valence-electron chi connectivity index (χ1n) is 8.45. The molecule has 0 saturated heterocycles. The highest BCUT2D eigenvalue weighted by Crippen LogP contribution is 2.31. The Labute approximate surface area is 124 Å². The summed E-state index contributed by atoms with van der Waals surface area (Å²) >= 11 is 0. The summed E-state index contributed by atoms with van der Waals surface area (Å²) in [5.41, 5.74) is 2.48. The normalized spacial score (nSPS) is 18.7. The maximum atomic E-state index is 4.48. The van der Waals surface area contributed by atoms with Crippen LogP contribution in [0.2, 0.25) is 0 Å². The molecule has 2 heteroatoms. The first-order valence-corrected chi connectivity index (χ1v) is 8.45. The van der Waals surface area contributed by atoms with Crippen LogP contribution in [0.15, 0.2) is 18.3 Å². The second kappa shape index (κ2) is 8.41. The van der Waals surface area contributed by atoms with Crippen LogP contribution in [-0.4, -0.2) is 11.5 Å². The van der Waals surface area contributed by atoms with Gasteiger partial charge in [0.25, 0.3) is 0 Å². The average Bonchev–Trinajstić information content (AvgIpc) is 2.73. The fourth-order valence-electron chi connectivity index (χ4n) is 3.27. The van der Waals surface area contributed by atoms with E-state index in [9.17, 15) is 0 Å². The van der Waals surface area contributed by atoms with E-state index in [0.29, 0.717) is 6.04 Å². The third-order valence-electron chi connectivity index (χ3n) is 4.52. The minimum Gasteiger partial charge on any atom is -0.310 e. The van der Waals surface area contributed by atoms with Crippen molar-refractivity contribution in [2.24, 2.45) is 5.92 Å². The van der Waals surface area contributed by atoms with Crippen LogP contribution < -0.4 is 5.32 Å². The zero-order valence-corrected chi connectivity index (χ0v) is 13.2. The smallest absolute Gasteiger partial charge is 0.0372 e. The quantitative estimate of drug-likeness (QED) is 0.754. The summed E-state index contributed by atoms with van der Waals surface area (Å²) in [6, 6.07) is 4.89. The van der Waals surface area contributed by atoms with Crippen molar-refractivity contribution in [2.75, 3.05) is 6.54 Å². The van der Waals surface area contributed by atoms with Crippen molar-refractivity contribution in [2.45, 2.75) is 71.3 Å². The first kappa shape index (κ1) is 15.5. The van der Waals surface area contributed by atoms with Crippen LogP contribution in [0.3, 0.4) is 0 Å². The van der Waals surface area contributed by atoms with Crippen molar-refractivity contribution in [3.8, 4) is 0 Å². The Balaban J connectivity index is 2.00. The van der Waals surface area contributed by atoms with Crippen LogP contribution in [0.1, 0.15) is 75.6 Å². The van der Waals surface area contributed by atoms with E-state index in [1.165, 1.54) is 56.9 Å². The molecule has 0 bridgehead atoms. The fraction of sp³-hybridized carbons (Fsp3) is 0.722. The SMILES string of the molecule is CCCNC(CC1CCCCCC1)c1ccc(C)nc1. The molecule has 112 valence electrons. The number of rotatable bonds is 6. The Morgan fingerprint density at radius 1 is 1.20 bits per heavy atom. The average molecular weight is 274 g/mol. The van der Waals surface area contributed by atoms with Gasteiger partial charge in [0.15, 0.2) is 0 Å². The van der Waals surface area contributed by atoms with E-state index < -0.39 is 0 Å². The molecule has 2 rings (SSSR count). The predicted molar refractivity (Wildman–Crippen MR) is 85.8 cm³/mol. The maximum Gasteiger partial charge on any atom is 0.0372 e. The van der Waals surface area contributed by atoms with Gasteiger partial charge in [-0.25, -0.2) is 0 Å². The van der Waals surface area contributed by atoms with Crippen LogP contribution in [0.25, 0.3) is 0 Å². The summed E-state index contributed by atoms with van der Waals surface area (Å²) in [6.45, 7) is 5.40. The van der Waals surface area contributed by atoms with Gasteiger partial charge in [-0.05, 0) is 43.9 Å². The van der Waals surface area contributed by atoms with Crippen LogP contribution in [-0.2, 0) is 0 Å². The minimum absolute atomic E-state index is 0.492. The molecule has 1 unspecified atom stereocenters. The molecule has 1 heterocycles. The van der Waals surface area contributed by atoms with Gasteiger partial charge in [-0.2, -0.15) is 0 Å². The maximum absolute atomic E-state index is 4.48. The number of nitrogens with one attached hydrogen (secondary N) is 1. The summed E-state index contributed by atoms with van der Waals surface area (Å²) in [6.07, 6.45) is 13.1. The molecule has 0 radical (unpaired) electrons. The summed E-state index contributed by atoms with van der Waals surface area (Å²) in [5, 5.41) is 3.73. The Morgan fingerprint density at radius 3 is 2.55 bits per heavy atom. The second-order valence-corrected chi connectivity index (χ2v) is 6.33. The molecule has 0 aromatic carbocycles. The Bertz CT molecular complexity index is 364. The van der Waals surface area contributed by atoms with E-state index in [1.807, 2.05) is 0 Å². The zero-order valence-electron chi connectivity index (χ0n) is 13.2. The lowest BCUT2D eigenvalue weighted by Crippen LogP contribution is -2.24. The third-order valence-corrected chi connectivity index (χ3v) is 4.52.